The van der Waals surface area contributed by atoms with E-state index in [0.717, 1.165) is 91.1 Å². The number of hydrogen-bond donors (Lipinski definition) is 2. The van der Waals surface area contributed by atoms with E-state index in [2.05, 4.69) is 60.4 Å². The molecule has 4 aliphatic rings. The molecule has 26 heteroatoms. The van der Waals surface area contributed by atoms with Crippen LogP contribution in [0.4, 0.5) is 38.0 Å². The zero-order valence-corrected chi connectivity index (χ0v) is 46.4. The molecule has 0 saturated carbocycles. The average Bonchev–Trinajstić information content (AvgIpc) is 4.16. The lowest BCUT2D eigenvalue weighted by molar-refractivity contribution is -0.141. The van der Waals surface area contributed by atoms with Gasteiger partial charge in [-0.15, -0.1) is 0 Å². The van der Waals surface area contributed by atoms with Crippen LogP contribution in [0.5, 0.6) is 0 Å². The molecule has 2 amide bonds. The van der Waals surface area contributed by atoms with E-state index in [9.17, 15) is 35.9 Å². The van der Waals surface area contributed by atoms with E-state index >= 15 is 0 Å². The van der Waals surface area contributed by atoms with Crippen molar-refractivity contribution in [2.75, 3.05) is 88.3 Å². The number of alkyl halides is 6. The molecule has 0 aliphatic carbocycles. The molecule has 6 aromatic rings. The summed E-state index contributed by atoms with van der Waals surface area (Å²) in [7, 11) is 0. The Balaban J connectivity index is 0.000000190. The topological polar surface area (TPSA) is 158 Å². The highest BCUT2D eigenvalue weighted by atomic mass is 35.5. The Bertz CT molecular complexity index is 2920. The molecular weight excluding hydrogens is 1110 g/mol. The maximum Gasteiger partial charge on any atom is 0.437 e. The second-order valence-corrected chi connectivity index (χ2v) is 22.5. The van der Waals surface area contributed by atoms with Gasteiger partial charge >= 0.3 is 12.4 Å². The quantitative estimate of drug-likeness (QED) is 0.0997. The molecule has 78 heavy (non-hydrogen) atoms. The van der Waals surface area contributed by atoms with Crippen LogP contribution in [0.25, 0.3) is 22.3 Å². The van der Waals surface area contributed by atoms with Crippen LogP contribution < -0.4 is 20.4 Å². The van der Waals surface area contributed by atoms with Gasteiger partial charge in [0, 0.05) is 99.4 Å². The Kier molecular flexibility index (Phi) is 17.5. The number of rotatable bonds is 14. The van der Waals surface area contributed by atoms with E-state index in [0.29, 0.717) is 79.6 Å². The van der Waals surface area contributed by atoms with Crippen LogP contribution in [0, 0.1) is 23.7 Å². The highest BCUT2D eigenvalue weighted by molar-refractivity contribution is 6.35. The number of halogens is 10. The summed E-state index contributed by atoms with van der Waals surface area (Å²) in [6, 6.07) is 8.47. The number of amides is 2. The summed E-state index contributed by atoms with van der Waals surface area (Å²) in [4.78, 5) is 48.8. The number of hydrogen-bond acceptors (Lipinski definition) is 12. The smallest absolute Gasteiger partial charge is 0.355 e. The first-order valence-electron chi connectivity index (χ1n) is 26.0. The minimum atomic E-state index is -4.68. The fourth-order valence-electron chi connectivity index (χ4n) is 11.1. The molecule has 2 N–H and O–H groups in total. The van der Waals surface area contributed by atoms with Gasteiger partial charge in [0.15, 0.2) is 22.7 Å². The molecule has 0 radical (unpaired) electrons. The number of likely N-dealkylation sites (tertiary alicyclic amines) is 2. The summed E-state index contributed by atoms with van der Waals surface area (Å²) >= 11 is 24.8. The standard InChI is InChI=1S/2C26H30Cl2F3N7O/c2*1-15(20-6-5-19(27)10-21(20)28)38-25-23(24(35-38)26(29,30)31)33-11-22(34-25)37-13-18(14-37)17-4-3-8-36(12-17)9-7-32-16(2)39/h2*5-6,10-11,15,17-18H,3-4,7-9,12-14H2,1-2H3,(H,32,39). The SMILES string of the molecule is CC(=O)NCCN1CCCC(C2CN(c3cnc4c(C(F)(F)F)nn(C(C)c5ccc(Cl)cc5Cl)c4n3)C2)C1.CC(=O)NCCN1CCCC(C2CN(c3cnc4c(C(F)(F)F)nn(C(C)c5ccc(Cl)cc5Cl)c4n3)C2)C1. The lowest BCUT2D eigenvalue weighted by atomic mass is 9.80. The Hall–Kier alpha value is -5.26. The predicted molar refractivity (Wildman–Crippen MR) is 288 cm³/mol. The van der Waals surface area contributed by atoms with Gasteiger partial charge in [-0.25, -0.2) is 29.3 Å². The minimum absolute atomic E-state index is 0.0226. The number of nitrogens with zero attached hydrogens (tertiary/aromatic N) is 12. The first-order chi connectivity index (χ1) is 37.0. The van der Waals surface area contributed by atoms with Crippen molar-refractivity contribution in [1.82, 2.24) is 59.9 Å². The average molecular weight is 1170 g/mol. The molecule has 4 aromatic heterocycles. The molecule has 4 atom stereocenters. The Morgan fingerprint density at radius 1 is 0.603 bits per heavy atom. The van der Waals surface area contributed by atoms with Crippen LogP contribution in [-0.2, 0) is 21.9 Å². The third-order valence-electron chi connectivity index (χ3n) is 15.4. The predicted octanol–water partition coefficient (Wildman–Crippen LogP) is 10.1. The van der Waals surface area contributed by atoms with Crippen LogP contribution in [-0.4, -0.2) is 140 Å². The fraction of sp³-hybridized carbons (Fsp3) is 0.538. The third-order valence-corrected chi connectivity index (χ3v) is 16.5. The molecule has 10 rings (SSSR count). The van der Waals surface area contributed by atoms with E-state index in [1.54, 1.807) is 50.2 Å². The molecule has 2 aromatic carbocycles. The molecular formula is C52H60Cl4F6N14O2. The van der Waals surface area contributed by atoms with Gasteiger partial charge in [-0.05, 0) is 112 Å². The molecule has 0 bridgehead atoms. The van der Waals surface area contributed by atoms with E-state index in [1.807, 2.05) is 0 Å². The second kappa shape index (κ2) is 23.8. The van der Waals surface area contributed by atoms with Gasteiger partial charge in [0.1, 0.15) is 22.7 Å². The lowest BCUT2D eigenvalue weighted by Gasteiger charge is -2.47. The molecule has 0 spiro atoms. The van der Waals surface area contributed by atoms with Gasteiger partial charge in [-0.1, -0.05) is 58.5 Å². The molecule has 4 saturated heterocycles. The summed E-state index contributed by atoms with van der Waals surface area (Å²) in [6.07, 6.45) is -2.06. The summed E-state index contributed by atoms with van der Waals surface area (Å²) in [5, 5.41) is 15.0. The summed E-state index contributed by atoms with van der Waals surface area (Å²) in [6.45, 7) is 16.5. The molecule has 4 fully saturated rings. The highest BCUT2D eigenvalue weighted by Crippen LogP contribution is 2.41. The van der Waals surface area contributed by atoms with Crippen molar-refractivity contribution in [3.63, 3.8) is 0 Å². The zero-order valence-electron chi connectivity index (χ0n) is 43.4. The van der Waals surface area contributed by atoms with Crippen molar-refractivity contribution in [2.24, 2.45) is 23.7 Å². The Morgan fingerprint density at radius 2 is 0.987 bits per heavy atom. The summed E-state index contributed by atoms with van der Waals surface area (Å²) in [5.41, 5.74) is -1.45. The first kappa shape index (κ1) is 57.4. The maximum absolute atomic E-state index is 13.8. The molecule has 8 heterocycles. The number of nitrogens with one attached hydrogen (secondary N) is 2. The van der Waals surface area contributed by atoms with Crippen molar-refractivity contribution in [2.45, 2.75) is 77.8 Å². The molecule has 4 aliphatic heterocycles. The highest BCUT2D eigenvalue weighted by Gasteiger charge is 2.43. The number of carbonyl (C=O) groups is 2. The maximum atomic E-state index is 13.8. The van der Waals surface area contributed by atoms with E-state index < -0.39 is 35.8 Å². The number of anilines is 2. The lowest BCUT2D eigenvalue weighted by Crippen LogP contribution is -2.54. The van der Waals surface area contributed by atoms with E-state index in [-0.39, 0.29) is 34.1 Å². The van der Waals surface area contributed by atoms with Gasteiger partial charge < -0.3 is 30.2 Å². The van der Waals surface area contributed by atoms with Crippen LogP contribution in [0.2, 0.25) is 20.1 Å². The fourth-order valence-corrected chi connectivity index (χ4v) is 12.2. The van der Waals surface area contributed by atoms with Gasteiger partial charge in [-0.3, -0.25) is 9.59 Å². The monoisotopic (exact) mass is 1170 g/mol. The number of fused-ring (bicyclic) bond motifs is 2. The zero-order chi connectivity index (χ0) is 55.8. The summed E-state index contributed by atoms with van der Waals surface area (Å²) in [5.74, 6) is 3.00. The Labute approximate surface area is 467 Å². The van der Waals surface area contributed by atoms with Crippen LogP contribution >= 0.6 is 46.4 Å². The number of carbonyl (C=O) groups excluding carboxylic acids is 2. The van der Waals surface area contributed by atoms with Crippen LogP contribution in [0.3, 0.4) is 0 Å². The van der Waals surface area contributed by atoms with Gasteiger partial charge in [0.2, 0.25) is 11.8 Å². The van der Waals surface area contributed by atoms with Gasteiger partial charge in [0.25, 0.3) is 0 Å². The van der Waals surface area contributed by atoms with Crippen molar-refractivity contribution in [3.05, 3.63) is 91.4 Å². The first-order valence-corrected chi connectivity index (χ1v) is 27.5. The largest absolute Gasteiger partial charge is 0.437 e. The normalized spacial score (nSPS) is 19.8. The van der Waals surface area contributed by atoms with E-state index in [4.69, 9.17) is 46.4 Å². The number of aromatic nitrogens is 8. The number of piperidine rings is 2. The Morgan fingerprint density at radius 3 is 1.33 bits per heavy atom. The van der Waals surface area contributed by atoms with Crippen molar-refractivity contribution >= 4 is 92.2 Å². The minimum Gasteiger partial charge on any atom is -0.355 e. The van der Waals surface area contributed by atoms with Gasteiger partial charge in [0.05, 0.1) is 24.5 Å². The van der Waals surface area contributed by atoms with Crippen LogP contribution in [0.15, 0.2) is 48.8 Å². The van der Waals surface area contributed by atoms with Crippen molar-refractivity contribution in [3.8, 4) is 0 Å². The van der Waals surface area contributed by atoms with Crippen molar-refractivity contribution in [1.29, 1.82) is 0 Å². The molecule has 4 unspecified atom stereocenters. The second-order valence-electron chi connectivity index (χ2n) is 20.8. The number of benzene rings is 2. The molecule has 420 valence electrons. The molecule has 16 nitrogen and oxygen atoms in total. The van der Waals surface area contributed by atoms with Crippen LogP contribution in [0.1, 0.15) is 88.0 Å². The third kappa shape index (κ3) is 13.0. The van der Waals surface area contributed by atoms with Gasteiger partial charge in [-0.2, -0.15) is 36.5 Å². The summed E-state index contributed by atoms with van der Waals surface area (Å²) < 4.78 is 85.6. The van der Waals surface area contributed by atoms with E-state index in [1.165, 1.54) is 35.6 Å². The van der Waals surface area contributed by atoms with Crippen molar-refractivity contribution < 1.29 is 35.9 Å².